The van der Waals surface area contributed by atoms with Crippen LogP contribution in [0.25, 0.3) is 0 Å². The van der Waals surface area contributed by atoms with Crippen LogP contribution in [0.3, 0.4) is 0 Å². The van der Waals surface area contributed by atoms with Crippen LogP contribution in [0.5, 0.6) is 5.88 Å². The summed E-state index contributed by atoms with van der Waals surface area (Å²) in [4.78, 5) is 30.7. The zero-order chi connectivity index (χ0) is 17.0. The lowest BCUT2D eigenvalue weighted by Crippen LogP contribution is -2.60. The Morgan fingerprint density at radius 3 is 2.44 bits per heavy atom. The molecular formula is C19H25N3O3. The van der Waals surface area contributed by atoms with Gasteiger partial charge < -0.3 is 15.0 Å². The summed E-state index contributed by atoms with van der Waals surface area (Å²) < 4.78 is 5.54. The van der Waals surface area contributed by atoms with Gasteiger partial charge in [0.2, 0.25) is 5.88 Å². The van der Waals surface area contributed by atoms with Gasteiger partial charge in [-0.25, -0.2) is 4.79 Å². The number of hydrogen-bond acceptors (Lipinski definition) is 4. The number of carbonyl (C=O) groups excluding carboxylic acids is 1. The molecule has 1 aromatic rings. The third-order valence-electron chi connectivity index (χ3n) is 6.55. The van der Waals surface area contributed by atoms with Crippen molar-refractivity contribution in [1.29, 1.82) is 0 Å². The van der Waals surface area contributed by atoms with Gasteiger partial charge in [0.05, 0.1) is 0 Å². The third-order valence-corrected chi connectivity index (χ3v) is 6.55. The summed E-state index contributed by atoms with van der Waals surface area (Å²) in [7, 11) is 0. The average molecular weight is 343 g/mol. The summed E-state index contributed by atoms with van der Waals surface area (Å²) in [5, 5.41) is 3.28. The summed E-state index contributed by atoms with van der Waals surface area (Å²) >= 11 is 0. The van der Waals surface area contributed by atoms with Crippen molar-refractivity contribution in [2.75, 3.05) is 6.61 Å². The molecule has 0 saturated heterocycles. The molecule has 5 saturated carbocycles. The smallest absolute Gasteiger partial charge is 0.348 e. The minimum atomic E-state index is -0.402. The molecule has 6 nitrogen and oxygen atoms in total. The molecule has 1 aromatic heterocycles. The van der Waals surface area contributed by atoms with E-state index in [1.807, 2.05) is 0 Å². The fourth-order valence-electron chi connectivity index (χ4n) is 5.88. The fraction of sp³-hybridized carbons (Fsp3) is 0.737. The number of rotatable bonds is 5. The van der Waals surface area contributed by atoms with E-state index in [2.05, 4.69) is 15.3 Å². The van der Waals surface area contributed by atoms with Gasteiger partial charge in [-0.3, -0.25) is 4.79 Å². The van der Waals surface area contributed by atoms with Crippen LogP contribution in [-0.2, 0) is 4.79 Å². The third kappa shape index (κ3) is 3.07. The van der Waals surface area contributed by atoms with E-state index in [0.717, 1.165) is 55.6 Å². The van der Waals surface area contributed by atoms with E-state index in [1.165, 1.54) is 19.3 Å². The van der Waals surface area contributed by atoms with E-state index in [0.29, 0.717) is 5.92 Å². The highest BCUT2D eigenvalue weighted by Crippen LogP contribution is 2.55. The van der Waals surface area contributed by atoms with Crippen LogP contribution in [0.2, 0.25) is 0 Å². The lowest BCUT2D eigenvalue weighted by atomic mass is 9.53. The van der Waals surface area contributed by atoms with Gasteiger partial charge in [0, 0.05) is 17.3 Å². The number of amides is 1. The van der Waals surface area contributed by atoms with Crippen LogP contribution in [0.1, 0.15) is 63.0 Å². The van der Waals surface area contributed by atoms with E-state index >= 15 is 0 Å². The second-order valence-corrected chi connectivity index (χ2v) is 8.79. The van der Waals surface area contributed by atoms with Crippen molar-refractivity contribution in [3.8, 4) is 5.88 Å². The Kier molecular flexibility index (Phi) is 3.44. The van der Waals surface area contributed by atoms with Crippen LogP contribution in [-0.4, -0.2) is 28.0 Å². The van der Waals surface area contributed by atoms with Crippen LogP contribution < -0.4 is 15.7 Å². The molecule has 25 heavy (non-hydrogen) atoms. The van der Waals surface area contributed by atoms with E-state index in [-0.39, 0.29) is 23.9 Å². The monoisotopic (exact) mass is 343 g/mol. The molecule has 0 aliphatic heterocycles. The number of hydrogen-bond donors (Lipinski definition) is 2. The molecule has 0 atom stereocenters. The number of nitrogens with zero attached hydrogens (tertiary/aromatic N) is 1. The van der Waals surface area contributed by atoms with E-state index in [1.54, 1.807) is 6.07 Å². The molecule has 1 amide bonds. The SMILES string of the molecule is O=C(COc1cc(C2CC2)[nH]c(=O)n1)NC12CC3CC(CC(C3)C1)C2. The standard InChI is InChI=1S/C19H25N3O3/c23-16(10-25-17-6-15(14-1-2-14)20-18(24)21-17)22-19-7-11-3-12(8-19)5-13(4-11)9-19/h6,11-14H,1-5,7-10H2,(H,22,23)(H,20,21,24). The number of aromatic nitrogens is 2. The fourth-order valence-corrected chi connectivity index (χ4v) is 5.88. The zero-order valence-corrected chi connectivity index (χ0v) is 14.4. The Labute approximate surface area is 146 Å². The Bertz CT molecular complexity index is 717. The number of ether oxygens (including phenoxy) is 1. The summed E-state index contributed by atoms with van der Waals surface area (Å²) in [6, 6.07) is 1.76. The van der Waals surface area contributed by atoms with E-state index in [9.17, 15) is 9.59 Å². The summed E-state index contributed by atoms with van der Waals surface area (Å²) in [5.41, 5.74) is 0.466. The number of aromatic amines is 1. The Hall–Kier alpha value is -1.85. The molecule has 0 spiro atoms. The first kappa shape index (κ1) is 15.4. The molecule has 0 radical (unpaired) electrons. The summed E-state index contributed by atoms with van der Waals surface area (Å²) in [5.74, 6) is 2.97. The van der Waals surface area contributed by atoms with Crippen LogP contribution in [0.4, 0.5) is 0 Å². The van der Waals surface area contributed by atoms with Gasteiger partial charge in [0.1, 0.15) is 0 Å². The van der Waals surface area contributed by atoms with Crippen LogP contribution in [0.15, 0.2) is 10.9 Å². The number of nitrogens with one attached hydrogen (secondary N) is 2. The van der Waals surface area contributed by atoms with E-state index in [4.69, 9.17) is 4.74 Å². The topological polar surface area (TPSA) is 84.1 Å². The van der Waals surface area contributed by atoms with Crippen molar-refractivity contribution in [3.05, 3.63) is 22.2 Å². The maximum atomic E-state index is 12.5. The molecule has 5 aliphatic rings. The normalized spacial score (nSPS) is 35.6. The molecule has 1 heterocycles. The van der Waals surface area contributed by atoms with Crippen LogP contribution in [0, 0.1) is 17.8 Å². The predicted molar refractivity (Wildman–Crippen MR) is 91.4 cm³/mol. The van der Waals surface area contributed by atoms with Crippen molar-refractivity contribution in [1.82, 2.24) is 15.3 Å². The van der Waals surface area contributed by atoms with Gasteiger partial charge in [0.15, 0.2) is 6.61 Å². The Morgan fingerprint density at radius 2 is 1.84 bits per heavy atom. The number of H-pyrrole nitrogens is 1. The molecule has 4 bridgehead atoms. The lowest BCUT2D eigenvalue weighted by Gasteiger charge is -2.56. The van der Waals surface area contributed by atoms with Crippen molar-refractivity contribution < 1.29 is 9.53 Å². The quantitative estimate of drug-likeness (QED) is 0.858. The van der Waals surface area contributed by atoms with Gasteiger partial charge in [-0.1, -0.05) is 0 Å². The Balaban J connectivity index is 1.22. The highest BCUT2D eigenvalue weighted by Gasteiger charge is 2.51. The lowest BCUT2D eigenvalue weighted by molar-refractivity contribution is -0.128. The van der Waals surface area contributed by atoms with Gasteiger partial charge in [0.25, 0.3) is 5.91 Å². The summed E-state index contributed by atoms with van der Waals surface area (Å²) in [6.45, 7) is -0.0672. The summed E-state index contributed by atoms with van der Waals surface area (Å²) in [6.07, 6.45) is 9.61. The highest BCUT2D eigenvalue weighted by molar-refractivity contribution is 5.78. The van der Waals surface area contributed by atoms with Gasteiger partial charge >= 0.3 is 5.69 Å². The first-order chi connectivity index (χ1) is 12.1. The maximum Gasteiger partial charge on any atom is 0.348 e. The number of carbonyl (C=O) groups is 1. The average Bonchev–Trinajstić information content (AvgIpc) is 3.35. The van der Waals surface area contributed by atoms with Gasteiger partial charge in [-0.05, 0) is 75.0 Å². The second-order valence-electron chi connectivity index (χ2n) is 8.79. The van der Waals surface area contributed by atoms with E-state index < -0.39 is 5.69 Å². The Morgan fingerprint density at radius 1 is 1.20 bits per heavy atom. The zero-order valence-electron chi connectivity index (χ0n) is 14.4. The predicted octanol–water partition coefficient (Wildman–Crippen LogP) is 2.11. The van der Waals surface area contributed by atoms with Crippen LogP contribution >= 0.6 is 0 Å². The van der Waals surface area contributed by atoms with Gasteiger partial charge in [-0.2, -0.15) is 4.98 Å². The molecular weight excluding hydrogens is 318 g/mol. The minimum Gasteiger partial charge on any atom is -0.467 e. The van der Waals surface area contributed by atoms with Gasteiger partial charge in [-0.15, -0.1) is 0 Å². The largest absolute Gasteiger partial charge is 0.467 e. The highest BCUT2D eigenvalue weighted by atomic mass is 16.5. The minimum absolute atomic E-state index is 0.00401. The maximum absolute atomic E-state index is 12.5. The van der Waals surface area contributed by atoms with Crippen molar-refractivity contribution in [2.45, 2.75) is 62.8 Å². The first-order valence-electron chi connectivity index (χ1n) is 9.62. The molecule has 5 fully saturated rings. The van der Waals surface area contributed by atoms with Crippen molar-refractivity contribution >= 4 is 5.91 Å². The molecule has 0 unspecified atom stereocenters. The van der Waals surface area contributed by atoms with Crippen molar-refractivity contribution in [2.24, 2.45) is 17.8 Å². The second kappa shape index (κ2) is 5.58. The van der Waals surface area contributed by atoms with Crippen molar-refractivity contribution in [3.63, 3.8) is 0 Å². The molecule has 6 heteroatoms. The molecule has 6 rings (SSSR count). The molecule has 2 N–H and O–H groups in total. The first-order valence-corrected chi connectivity index (χ1v) is 9.62. The molecule has 134 valence electrons. The molecule has 5 aliphatic carbocycles. The molecule has 0 aromatic carbocycles.